The van der Waals surface area contributed by atoms with Gasteiger partial charge in [0.1, 0.15) is 0 Å². The maximum Gasteiger partial charge on any atom is 0.0250 e. The quantitative estimate of drug-likeness (QED) is 0.773. The Kier molecular flexibility index (Phi) is 3.47. The van der Waals surface area contributed by atoms with E-state index in [0.29, 0.717) is 6.04 Å². The number of fused-ring (bicyclic) bond motifs is 1. The summed E-state index contributed by atoms with van der Waals surface area (Å²) in [4.78, 5) is 2.62. The molecule has 0 bridgehead atoms. The minimum atomic E-state index is 0.698. The van der Waals surface area contributed by atoms with Crippen LogP contribution in [0.4, 0.5) is 0 Å². The van der Waals surface area contributed by atoms with Gasteiger partial charge in [0.25, 0.3) is 0 Å². The highest BCUT2D eigenvalue weighted by Crippen LogP contribution is 2.27. The first kappa shape index (κ1) is 10.5. The Morgan fingerprint density at radius 2 is 2.36 bits per heavy atom. The molecule has 2 saturated heterocycles. The molecular formula is C11H19ClN2. The third-order valence-corrected chi connectivity index (χ3v) is 3.81. The highest BCUT2D eigenvalue weighted by molar-refractivity contribution is 6.25. The van der Waals surface area contributed by atoms with Gasteiger partial charge in [-0.25, -0.2) is 0 Å². The van der Waals surface area contributed by atoms with E-state index < -0.39 is 0 Å². The Morgan fingerprint density at radius 1 is 1.50 bits per heavy atom. The molecule has 2 heterocycles. The highest BCUT2D eigenvalue weighted by atomic mass is 35.5. The van der Waals surface area contributed by atoms with E-state index in [1.54, 1.807) is 5.54 Å². The lowest BCUT2D eigenvalue weighted by atomic mass is 10.1. The molecular weight excluding hydrogens is 196 g/mol. The van der Waals surface area contributed by atoms with Crippen LogP contribution in [0, 0.1) is 0 Å². The Hall–Kier alpha value is -0.0500. The van der Waals surface area contributed by atoms with Crippen molar-refractivity contribution in [2.45, 2.75) is 38.3 Å². The summed E-state index contributed by atoms with van der Waals surface area (Å²) in [5.74, 6) is 0. The van der Waals surface area contributed by atoms with Crippen molar-refractivity contribution in [3.63, 3.8) is 0 Å². The Balaban J connectivity index is 1.81. The molecule has 14 heavy (non-hydrogen) atoms. The zero-order valence-corrected chi connectivity index (χ0v) is 9.56. The fourth-order valence-corrected chi connectivity index (χ4v) is 2.73. The molecule has 0 amide bonds. The Labute approximate surface area is 91.3 Å². The van der Waals surface area contributed by atoms with Crippen molar-refractivity contribution in [3.8, 4) is 0 Å². The Bertz CT molecular complexity index is 227. The molecule has 1 N–H and O–H groups in total. The minimum Gasteiger partial charge on any atom is -0.309 e. The van der Waals surface area contributed by atoms with E-state index in [-0.39, 0.29) is 0 Å². The topological polar surface area (TPSA) is 15.3 Å². The zero-order valence-electron chi connectivity index (χ0n) is 8.80. The number of nitrogens with one attached hydrogen (secondary N) is 1. The van der Waals surface area contributed by atoms with Crippen molar-refractivity contribution >= 4 is 11.6 Å². The fourth-order valence-electron chi connectivity index (χ4n) is 2.65. The molecule has 0 aliphatic carbocycles. The predicted octanol–water partition coefficient (Wildman–Crippen LogP) is 1.96. The minimum absolute atomic E-state index is 0.698. The molecule has 2 nitrogen and oxygen atoms in total. The summed E-state index contributed by atoms with van der Waals surface area (Å²) in [6.07, 6.45) is 4.06. The van der Waals surface area contributed by atoms with Crippen LogP contribution in [0.2, 0.25) is 0 Å². The highest BCUT2D eigenvalue weighted by Gasteiger charge is 2.36. The lowest BCUT2D eigenvalue weighted by Crippen LogP contribution is -2.39. The van der Waals surface area contributed by atoms with Gasteiger partial charge >= 0.3 is 0 Å². The van der Waals surface area contributed by atoms with Gasteiger partial charge in [-0.2, -0.15) is 0 Å². The lowest BCUT2D eigenvalue weighted by Gasteiger charge is -2.21. The van der Waals surface area contributed by atoms with Gasteiger partial charge in [0.2, 0.25) is 0 Å². The summed E-state index contributed by atoms with van der Waals surface area (Å²) in [7, 11) is 0. The first-order chi connectivity index (χ1) is 6.81. The van der Waals surface area contributed by atoms with E-state index in [9.17, 15) is 0 Å². The Morgan fingerprint density at radius 3 is 3.14 bits per heavy atom. The van der Waals surface area contributed by atoms with Crippen LogP contribution in [-0.2, 0) is 0 Å². The molecule has 2 aliphatic rings. The maximum absolute atomic E-state index is 5.64. The van der Waals surface area contributed by atoms with Crippen LogP contribution in [0.5, 0.6) is 0 Å². The summed E-state index contributed by atoms with van der Waals surface area (Å²) < 4.78 is 0. The number of rotatable bonds is 3. The van der Waals surface area contributed by atoms with Crippen LogP contribution < -0.4 is 5.32 Å². The number of halogens is 1. The molecule has 80 valence electrons. The molecule has 3 heteroatoms. The molecule has 0 radical (unpaired) electrons. The number of hydrogen-bond donors (Lipinski definition) is 1. The van der Waals surface area contributed by atoms with Crippen LogP contribution in [-0.4, -0.2) is 36.6 Å². The van der Waals surface area contributed by atoms with Gasteiger partial charge < -0.3 is 5.32 Å². The van der Waals surface area contributed by atoms with E-state index in [2.05, 4.69) is 17.1 Å². The van der Waals surface area contributed by atoms with Crippen LogP contribution in [0.3, 0.4) is 0 Å². The van der Waals surface area contributed by atoms with Gasteiger partial charge in [-0.3, -0.25) is 4.90 Å². The number of nitrogens with zero attached hydrogens (tertiary/aromatic N) is 1. The van der Waals surface area contributed by atoms with E-state index in [1.807, 2.05) is 0 Å². The van der Waals surface area contributed by atoms with E-state index in [4.69, 9.17) is 11.6 Å². The predicted molar refractivity (Wildman–Crippen MR) is 60.6 cm³/mol. The average Bonchev–Trinajstić information content (AvgIpc) is 2.76. The van der Waals surface area contributed by atoms with E-state index >= 15 is 0 Å². The summed E-state index contributed by atoms with van der Waals surface area (Å²) in [5.41, 5.74) is 2.90. The first-order valence-corrected chi connectivity index (χ1v) is 5.98. The van der Waals surface area contributed by atoms with Crippen molar-refractivity contribution in [3.05, 3.63) is 11.1 Å². The summed E-state index contributed by atoms with van der Waals surface area (Å²) >= 11 is 5.64. The molecule has 0 aromatic carbocycles. The molecule has 2 unspecified atom stereocenters. The average molecular weight is 215 g/mol. The second kappa shape index (κ2) is 4.65. The van der Waals surface area contributed by atoms with Gasteiger partial charge in [-0.1, -0.05) is 11.6 Å². The second-order valence-electron chi connectivity index (χ2n) is 4.48. The van der Waals surface area contributed by atoms with Gasteiger partial charge in [-0.15, -0.1) is 0 Å². The third kappa shape index (κ3) is 2.13. The van der Waals surface area contributed by atoms with Crippen molar-refractivity contribution in [1.29, 1.82) is 0 Å². The van der Waals surface area contributed by atoms with Crippen LogP contribution in [0.25, 0.3) is 0 Å². The molecule has 2 rings (SSSR count). The first-order valence-electron chi connectivity index (χ1n) is 5.54. The van der Waals surface area contributed by atoms with Gasteiger partial charge in [0.05, 0.1) is 0 Å². The van der Waals surface area contributed by atoms with Gasteiger partial charge in [0.15, 0.2) is 0 Å². The van der Waals surface area contributed by atoms with Gasteiger partial charge in [-0.05, 0) is 38.3 Å². The van der Waals surface area contributed by atoms with Crippen LogP contribution in [0.1, 0.15) is 26.2 Å². The fraction of sp³-hybridized carbons (Fsp3) is 0.818. The lowest BCUT2D eigenvalue weighted by molar-refractivity contribution is 0.301. The zero-order chi connectivity index (χ0) is 9.97. The normalized spacial score (nSPS) is 33.7. The summed E-state index contributed by atoms with van der Waals surface area (Å²) in [6.45, 7) is 5.61. The maximum atomic E-state index is 5.64. The molecule has 2 atom stereocenters. The smallest absolute Gasteiger partial charge is 0.0250 e. The molecule has 0 aromatic rings. The van der Waals surface area contributed by atoms with Crippen LogP contribution >= 0.6 is 11.6 Å². The SMILES string of the molecule is CC(=CCl)CNC1CCN2CCCC12. The van der Waals surface area contributed by atoms with E-state index in [1.165, 1.54) is 37.9 Å². The molecule has 2 aliphatic heterocycles. The molecule has 0 aromatic heterocycles. The molecule has 0 saturated carbocycles. The van der Waals surface area contributed by atoms with E-state index in [0.717, 1.165) is 12.6 Å². The second-order valence-corrected chi connectivity index (χ2v) is 4.70. The number of hydrogen-bond acceptors (Lipinski definition) is 2. The summed E-state index contributed by atoms with van der Waals surface area (Å²) in [5, 5.41) is 3.61. The van der Waals surface area contributed by atoms with Crippen molar-refractivity contribution < 1.29 is 0 Å². The molecule has 0 spiro atoms. The third-order valence-electron chi connectivity index (χ3n) is 3.44. The molecule has 2 fully saturated rings. The van der Waals surface area contributed by atoms with Crippen molar-refractivity contribution in [1.82, 2.24) is 10.2 Å². The monoisotopic (exact) mass is 214 g/mol. The standard InChI is InChI=1S/C11H19ClN2/c1-9(7-12)8-13-10-4-6-14-5-2-3-11(10)14/h7,10-11,13H,2-6,8H2,1H3. The largest absolute Gasteiger partial charge is 0.309 e. The van der Waals surface area contributed by atoms with Crippen LogP contribution in [0.15, 0.2) is 11.1 Å². The van der Waals surface area contributed by atoms with Gasteiger partial charge in [0, 0.05) is 30.7 Å². The summed E-state index contributed by atoms with van der Waals surface area (Å²) in [6, 6.07) is 1.50. The van der Waals surface area contributed by atoms with Crippen molar-refractivity contribution in [2.24, 2.45) is 0 Å². The van der Waals surface area contributed by atoms with Crippen molar-refractivity contribution in [2.75, 3.05) is 19.6 Å².